The third kappa shape index (κ3) is 2.63. The van der Waals surface area contributed by atoms with Crippen LogP contribution in [0.2, 0.25) is 0 Å². The summed E-state index contributed by atoms with van der Waals surface area (Å²) in [6.07, 6.45) is 0.353. The smallest absolute Gasteiger partial charge is 0.399 e. The van der Waals surface area contributed by atoms with Crippen LogP contribution >= 0.6 is 0 Å². The van der Waals surface area contributed by atoms with Crippen molar-refractivity contribution in [1.29, 1.82) is 0 Å². The van der Waals surface area contributed by atoms with Gasteiger partial charge in [0.05, 0.1) is 18.3 Å². The van der Waals surface area contributed by atoms with Gasteiger partial charge in [-0.2, -0.15) is 13.5 Å². The highest BCUT2D eigenvalue weighted by Crippen LogP contribution is 2.29. The van der Waals surface area contributed by atoms with Gasteiger partial charge in [0, 0.05) is 13.0 Å². The zero-order valence-corrected chi connectivity index (χ0v) is 10.9. The van der Waals surface area contributed by atoms with E-state index in [0.717, 1.165) is 0 Å². The molecule has 2 atom stereocenters. The number of hydrogen-bond donors (Lipinski definition) is 2. The number of fused-ring (bicyclic) bond motifs is 2. The molecule has 0 aromatic carbocycles. The number of carbonyl (C=O) groups is 1. The number of oxime groups is 1. The third-order valence-electron chi connectivity index (χ3n) is 3.01. The summed E-state index contributed by atoms with van der Waals surface area (Å²) in [5, 5.41) is 4.33. The zero-order valence-electron chi connectivity index (χ0n) is 10.1. The molecular weight excluding hydrogens is 280 g/mol. The molecule has 0 radical (unpaired) electrons. The van der Waals surface area contributed by atoms with Crippen molar-refractivity contribution in [3.05, 3.63) is 0 Å². The Labute approximate surface area is 109 Å². The van der Waals surface area contributed by atoms with Gasteiger partial charge in [-0.1, -0.05) is 5.16 Å². The summed E-state index contributed by atoms with van der Waals surface area (Å²) in [6, 6.07) is -1.72. The molecule has 2 aliphatic heterocycles. The number of urea groups is 1. The summed E-state index contributed by atoms with van der Waals surface area (Å²) in [5.41, 5.74) is 6.00. The maximum absolute atomic E-state index is 12.0. The molecule has 2 amide bonds. The Morgan fingerprint density at radius 1 is 1.58 bits per heavy atom. The Hall–Kier alpha value is -1.43. The van der Waals surface area contributed by atoms with E-state index >= 15 is 0 Å². The van der Waals surface area contributed by atoms with Crippen LogP contribution < -0.4 is 5.73 Å². The molecule has 2 heterocycles. The lowest BCUT2D eigenvalue weighted by Gasteiger charge is -2.29. The fourth-order valence-electron chi connectivity index (χ4n) is 2.24. The van der Waals surface area contributed by atoms with Crippen molar-refractivity contribution >= 4 is 22.1 Å². The number of rotatable bonds is 4. The summed E-state index contributed by atoms with van der Waals surface area (Å²) in [4.78, 5) is 18.0. The third-order valence-corrected chi connectivity index (χ3v) is 3.36. The molecule has 2 aliphatic rings. The number of carbonyl (C=O) groups excluding carboxylic acids is 1. The Morgan fingerprint density at radius 2 is 2.26 bits per heavy atom. The number of nitrogens with two attached hydrogens (primary N) is 1. The molecule has 0 aliphatic carbocycles. The van der Waals surface area contributed by atoms with Crippen LogP contribution in [-0.2, 0) is 19.5 Å². The van der Waals surface area contributed by atoms with Crippen molar-refractivity contribution < 1.29 is 26.9 Å². The standard InChI is InChI=1S/C8H14N4O6S/c1-17-10-6-2-5(3-9)11-4-7(6)12(8(11)13)18-19(14,15)16/h5,7H,2-4,9H2,1H3,(H,14,15,16)/t5-,7-/m0/s1. The van der Waals surface area contributed by atoms with E-state index in [9.17, 15) is 13.2 Å². The molecule has 2 bridgehead atoms. The van der Waals surface area contributed by atoms with E-state index in [-0.39, 0.29) is 19.1 Å². The van der Waals surface area contributed by atoms with Crippen molar-refractivity contribution in [1.82, 2.24) is 9.96 Å². The lowest BCUT2D eigenvalue weighted by Crippen LogP contribution is -2.48. The van der Waals surface area contributed by atoms with Gasteiger partial charge in [-0.15, -0.1) is 4.28 Å². The maximum atomic E-state index is 12.0. The molecule has 3 N–H and O–H groups in total. The number of hydroxylamine groups is 2. The van der Waals surface area contributed by atoms with Crippen LogP contribution in [-0.4, -0.2) is 67.0 Å². The first kappa shape index (κ1) is 14.0. The molecule has 0 aromatic heterocycles. The Kier molecular flexibility index (Phi) is 3.62. The van der Waals surface area contributed by atoms with Crippen molar-refractivity contribution in [3.63, 3.8) is 0 Å². The molecule has 108 valence electrons. The molecule has 19 heavy (non-hydrogen) atoms. The van der Waals surface area contributed by atoms with Crippen LogP contribution in [0.1, 0.15) is 6.42 Å². The summed E-state index contributed by atoms with van der Waals surface area (Å²) in [5.74, 6) is 0. The Bertz CT molecular complexity index is 505. The predicted molar refractivity (Wildman–Crippen MR) is 62.3 cm³/mol. The maximum Gasteiger partial charge on any atom is 0.418 e. The molecule has 11 heteroatoms. The first-order valence-corrected chi connectivity index (χ1v) is 6.80. The molecular formula is C8H14N4O6S. The van der Waals surface area contributed by atoms with E-state index in [0.29, 0.717) is 17.2 Å². The van der Waals surface area contributed by atoms with Crippen LogP contribution in [0.3, 0.4) is 0 Å². The number of hydrogen-bond acceptors (Lipinski definition) is 7. The topological polar surface area (TPSA) is 135 Å². The molecule has 0 aromatic rings. The van der Waals surface area contributed by atoms with Crippen molar-refractivity contribution in [2.45, 2.75) is 18.5 Å². The minimum absolute atomic E-state index is 0.179. The van der Waals surface area contributed by atoms with Crippen LogP contribution in [0.5, 0.6) is 0 Å². The average Bonchev–Trinajstić information content (AvgIpc) is 2.58. The highest BCUT2D eigenvalue weighted by Gasteiger charge is 2.50. The first-order chi connectivity index (χ1) is 8.87. The van der Waals surface area contributed by atoms with E-state index in [1.165, 1.54) is 12.0 Å². The van der Waals surface area contributed by atoms with Crippen LogP contribution in [0.25, 0.3) is 0 Å². The fraction of sp³-hybridized carbons (Fsp3) is 0.750. The van der Waals surface area contributed by atoms with E-state index in [1.54, 1.807) is 0 Å². The van der Waals surface area contributed by atoms with Crippen LogP contribution in [0.15, 0.2) is 5.16 Å². The van der Waals surface area contributed by atoms with Crippen molar-refractivity contribution in [3.8, 4) is 0 Å². The second kappa shape index (κ2) is 4.92. The average molecular weight is 294 g/mol. The largest absolute Gasteiger partial charge is 0.418 e. The van der Waals surface area contributed by atoms with Gasteiger partial charge in [0.25, 0.3) is 0 Å². The molecule has 10 nitrogen and oxygen atoms in total. The first-order valence-electron chi connectivity index (χ1n) is 5.44. The minimum atomic E-state index is -4.79. The second-order valence-corrected chi connectivity index (χ2v) is 5.14. The molecule has 2 rings (SSSR count). The number of amides is 2. The van der Waals surface area contributed by atoms with E-state index in [1.807, 2.05) is 0 Å². The van der Waals surface area contributed by atoms with Gasteiger partial charge in [0.2, 0.25) is 0 Å². The van der Waals surface area contributed by atoms with E-state index in [2.05, 4.69) is 14.3 Å². The highest BCUT2D eigenvalue weighted by atomic mass is 32.3. The van der Waals surface area contributed by atoms with Crippen LogP contribution in [0.4, 0.5) is 4.79 Å². The lowest BCUT2D eigenvalue weighted by molar-refractivity contribution is -0.0145. The van der Waals surface area contributed by atoms with Crippen molar-refractivity contribution in [2.75, 3.05) is 20.2 Å². The van der Waals surface area contributed by atoms with E-state index in [4.69, 9.17) is 10.3 Å². The van der Waals surface area contributed by atoms with Gasteiger partial charge in [-0.05, 0) is 0 Å². The number of piperidine rings is 1. The summed E-state index contributed by atoms with van der Waals surface area (Å²) >= 11 is 0. The molecule has 0 unspecified atom stereocenters. The fourth-order valence-corrected chi connectivity index (χ4v) is 2.61. The van der Waals surface area contributed by atoms with Gasteiger partial charge in [0.1, 0.15) is 13.2 Å². The molecule has 0 saturated carbocycles. The Balaban J connectivity index is 2.32. The van der Waals surface area contributed by atoms with Gasteiger partial charge < -0.3 is 15.5 Å². The van der Waals surface area contributed by atoms with Crippen LogP contribution in [0, 0.1) is 0 Å². The predicted octanol–water partition coefficient (Wildman–Crippen LogP) is -1.44. The minimum Gasteiger partial charge on any atom is -0.399 e. The van der Waals surface area contributed by atoms with Gasteiger partial charge in [-0.3, -0.25) is 4.55 Å². The molecule has 0 spiro atoms. The highest BCUT2D eigenvalue weighted by molar-refractivity contribution is 7.80. The monoisotopic (exact) mass is 294 g/mol. The normalized spacial score (nSPS) is 29.2. The van der Waals surface area contributed by atoms with Crippen molar-refractivity contribution in [2.24, 2.45) is 10.9 Å². The van der Waals surface area contributed by atoms with Gasteiger partial charge in [0.15, 0.2) is 0 Å². The SMILES string of the molecule is CON=C1C[C@@H](CN)N2C[C@@H]1N(OS(=O)(=O)O)C2=O. The summed E-state index contributed by atoms with van der Waals surface area (Å²) in [7, 11) is -3.46. The number of nitrogens with zero attached hydrogens (tertiary/aromatic N) is 3. The second-order valence-electron chi connectivity index (χ2n) is 4.14. The quantitative estimate of drug-likeness (QED) is 0.479. The lowest BCUT2D eigenvalue weighted by atomic mass is 9.99. The summed E-state index contributed by atoms with van der Waals surface area (Å²) in [6.45, 7) is 0.374. The zero-order chi connectivity index (χ0) is 14.2. The Morgan fingerprint density at radius 3 is 2.79 bits per heavy atom. The van der Waals surface area contributed by atoms with Gasteiger partial charge in [-0.25, -0.2) is 4.79 Å². The van der Waals surface area contributed by atoms with Gasteiger partial charge >= 0.3 is 16.4 Å². The summed E-state index contributed by atoms with van der Waals surface area (Å²) < 4.78 is 34.5. The molecule has 2 saturated heterocycles. The molecule has 2 fully saturated rings. The van der Waals surface area contributed by atoms with E-state index < -0.39 is 22.5 Å².